The van der Waals surface area contributed by atoms with Crippen molar-refractivity contribution >= 4 is 40.4 Å². The molecule has 0 radical (unpaired) electrons. The Hall–Kier alpha value is -4.79. The van der Waals surface area contributed by atoms with E-state index in [1.807, 2.05) is 59.4 Å². The minimum absolute atomic E-state index is 0.0908. The van der Waals surface area contributed by atoms with Gasteiger partial charge in [0, 0.05) is 56.8 Å². The average molecular weight is 658 g/mol. The number of ether oxygens (including phenoxy) is 3. The maximum absolute atomic E-state index is 12.8. The van der Waals surface area contributed by atoms with Gasteiger partial charge in [0.2, 0.25) is 0 Å². The first-order chi connectivity index (χ1) is 23.5. The number of hydrogen-bond acceptors (Lipinski definition) is 10. The van der Waals surface area contributed by atoms with Crippen LogP contribution >= 0.6 is 0 Å². The van der Waals surface area contributed by atoms with E-state index in [-0.39, 0.29) is 18.2 Å². The number of carbonyl (C=O) groups is 2. The molecule has 0 unspecified atom stereocenters. The van der Waals surface area contributed by atoms with Crippen LogP contribution in [0.15, 0.2) is 54.7 Å². The Labute approximate surface area is 279 Å². The molecule has 2 aliphatic heterocycles. The first-order valence-electron chi connectivity index (χ1n) is 16.4. The maximum atomic E-state index is 12.8. The number of hydrogen-bond donors (Lipinski definition) is 3. The molecule has 2 aromatic carbocycles. The molecule has 0 aliphatic carbocycles. The predicted molar refractivity (Wildman–Crippen MR) is 184 cm³/mol. The number of morpholine rings is 1. The number of methoxy groups -OCH3 is 2. The molecule has 6 rings (SSSR count). The molecule has 14 heteroatoms. The fourth-order valence-electron chi connectivity index (χ4n) is 6.03. The van der Waals surface area contributed by atoms with E-state index in [1.54, 1.807) is 12.0 Å². The number of anilines is 3. The van der Waals surface area contributed by atoms with Crippen molar-refractivity contribution in [1.82, 2.24) is 30.0 Å². The van der Waals surface area contributed by atoms with Gasteiger partial charge in [-0.1, -0.05) is 12.1 Å². The number of rotatable bonds is 11. The summed E-state index contributed by atoms with van der Waals surface area (Å²) in [6.07, 6.45) is 3.93. The van der Waals surface area contributed by atoms with Gasteiger partial charge < -0.3 is 40.0 Å². The fraction of sp³-hybridized carbons (Fsp3) is 0.441. The quantitative estimate of drug-likeness (QED) is 0.201. The highest BCUT2D eigenvalue weighted by atomic mass is 16.5. The Morgan fingerprint density at radius 2 is 1.58 bits per heavy atom. The Morgan fingerprint density at radius 3 is 2.25 bits per heavy atom. The normalized spacial score (nSPS) is 15.5. The van der Waals surface area contributed by atoms with Crippen LogP contribution in [0.3, 0.4) is 0 Å². The van der Waals surface area contributed by atoms with Crippen molar-refractivity contribution < 1.29 is 23.8 Å². The second-order valence-electron chi connectivity index (χ2n) is 11.8. The van der Waals surface area contributed by atoms with Gasteiger partial charge in [0.05, 0.1) is 44.6 Å². The van der Waals surface area contributed by atoms with Gasteiger partial charge in [-0.3, -0.25) is 0 Å². The molecule has 3 amide bonds. The van der Waals surface area contributed by atoms with Crippen LogP contribution in [0.2, 0.25) is 0 Å². The fourth-order valence-corrected chi connectivity index (χ4v) is 6.03. The van der Waals surface area contributed by atoms with Crippen LogP contribution in [0, 0.1) is 0 Å². The zero-order valence-corrected chi connectivity index (χ0v) is 27.5. The molecule has 0 bridgehead atoms. The van der Waals surface area contributed by atoms with Crippen LogP contribution in [-0.2, 0) is 20.6 Å². The molecule has 0 spiro atoms. The average Bonchev–Trinajstić information content (AvgIpc) is 3.56. The van der Waals surface area contributed by atoms with Gasteiger partial charge in [0.25, 0.3) is 0 Å². The molecule has 14 nitrogen and oxygen atoms in total. The molecule has 254 valence electrons. The van der Waals surface area contributed by atoms with E-state index in [4.69, 9.17) is 29.3 Å². The van der Waals surface area contributed by atoms with Gasteiger partial charge >= 0.3 is 12.1 Å². The van der Waals surface area contributed by atoms with Crippen molar-refractivity contribution in [3.8, 4) is 11.4 Å². The molecule has 2 saturated heterocycles. The number of nitrogens with zero attached hydrogens (tertiary/aromatic N) is 6. The Kier molecular flexibility index (Phi) is 11.0. The summed E-state index contributed by atoms with van der Waals surface area (Å²) in [5.41, 5.74) is 4.12. The summed E-state index contributed by atoms with van der Waals surface area (Å²) in [6.45, 7) is 6.25. The number of piperidine rings is 1. The topological polar surface area (TPSA) is 148 Å². The molecular weight excluding hydrogens is 614 g/mol. The lowest BCUT2D eigenvalue weighted by Crippen LogP contribution is -2.39. The summed E-state index contributed by atoms with van der Waals surface area (Å²) in [7, 11) is 3.10. The molecule has 0 saturated carbocycles. The van der Waals surface area contributed by atoms with Crippen molar-refractivity contribution in [3.05, 3.63) is 60.3 Å². The molecule has 2 aromatic heterocycles. The number of nitrogens with one attached hydrogen (secondary N) is 3. The molecule has 4 heterocycles. The van der Waals surface area contributed by atoms with Gasteiger partial charge in [-0.05, 0) is 67.8 Å². The van der Waals surface area contributed by atoms with E-state index in [9.17, 15) is 9.59 Å². The number of fused-ring (bicyclic) bond motifs is 1. The maximum Gasteiger partial charge on any atom is 0.409 e. The van der Waals surface area contributed by atoms with Crippen LogP contribution in [0.5, 0.6) is 0 Å². The van der Waals surface area contributed by atoms with E-state index in [0.29, 0.717) is 50.1 Å². The van der Waals surface area contributed by atoms with Crippen molar-refractivity contribution in [2.45, 2.75) is 25.3 Å². The lowest BCUT2D eigenvalue weighted by atomic mass is 10.1. The van der Waals surface area contributed by atoms with E-state index in [1.165, 1.54) is 12.7 Å². The van der Waals surface area contributed by atoms with Crippen molar-refractivity contribution in [1.29, 1.82) is 0 Å². The standard InChI is InChI=1S/C34H43N9O5/c1-46-20-15-35-14-11-24-3-7-26(8-4-24)37-33(44)38-27-9-5-25(6-10-27)30-39-31(41-18-21-48-22-19-41)29-23-36-43(32(29)40-30)28-12-16-42(17-13-28)34(45)47-2/h3-10,23,28,35H,11-22H2,1-2H3,(H2,37,38,44). The summed E-state index contributed by atoms with van der Waals surface area (Å²) in [5.74, 6) is 1.40. The van der Waals surface area contributed by atoms with Crippen LogP contribution in [0.1, 0.15) is 24.4 Å². The monoisotopic (exact) mass is 657 g/mol. The highest BCUT2D eigenvalue weighted by molar-refractivity contribution is 6.00. The largest absolute Gasteiger partial charge is 0.453 e. The first-order valence-corrected chi connectivity index (χ1v) is 16.4. The SMILES string of the molecule is COCCNCCc1ccc(NC(=O)Nc2ccc(-c3nc(N4CCOCC4)c4cnn(C5CCN(C(=O)OC)CC5)c4n3)cc2)cc1. The van der Waals surface area contributed by atoms with E-state index in [0.717, 1.165) is 67.9 Å². The first kappa shape index (κ1) is 33.1. The molecule has 48 heavy (non-hydrogen) atoms. The number of amides is 3. The summed E-state index contributed by atoms with van der Waals surface area (Å²) < 4.78 is 17.5. The van der Waals surface area contributed by atoms with Crippen LogP contribution in [0.4, 0.5) is 26.8 Å². The summed E-state index contributed by atoms with van der Waals surface area (Å²) in [5, 5.41) is 14.8. The highest BCUT2D eigenvalue weighted by Crippen LogP contribution is 2.32. The Morgan fingerprint density at radius 1 is 0.896 bits per heavy atom. The smallest absolute Gasteiger partial charge is 0.409 e. The molecular formula is C34H43N9O5. The van der Waals surface area contributed by atoms with Crippen molar-refractivity contribution in [3.63, 3.8) is 0 Å². The second kappa shape index (κ2) is 15.9. The van der Waals surface area contributed by atoms with Crippen molar-refractivity contribution in [2.75, 3.05) is 88.8 Å². The Bertz CT molecular complexity index is 1670. The zero-order chi connectivity index (χ0) is 33.3. The van der Waals surface area contributed by atoms with Crippen molar-refractivity contribution in [2.24, 2.45) is 0 Å². The zero-order valence-electron chi connectivity index (χ0n) is 27.5. The molecule has 2 aliphatic rings. The van der Waals surface area contributed by atoms with Crippen LogP contribution in [-0.4, -0.2) is 110 Å². The lowest BCUT2D eigenvalue weighted by molar-refractivity contribution is 0.106. The minimum atomic E-state index is -0.328. The van der Waals surface area contributed by atoms with E-state index < -0.39 is 0 Å². The predicted octanol–water partition coefficient (Wildman–Crippen LogP) is 4.16. The number of carbonyl (C=O) groups excluding carboxylic acids is 2. The third kappa shape index (κ3) is 8.01. The second-order valence-corrected chi connectivity index (χ2v) is 11.8. The van der Waals surface area contributed by atoms with E-state index >= 15 is 0 Å². The number of benzene rings is 2. The number of urea groups is 1. The third-order valence-electron chi connectivity index (χ3n) is 8.67. The summed E-state index contributed by atoms with van der Waals surface area (Å²) in [4.78, 5) is 38.8. The number of aromatic nitrogens is 4. The minimum Gasteiger partial charge on any atom is -0.453 e. The third-order valence-corrected chi connectivity index (χ3v) is 8.67. The number of likely N-dealkylation sites (tertiary alicyclic amines) is 1. The van der Waals surface area contributed by atoms with Gasteiger partial charge in [0.15, 0.2) is 11.5 Å². The van der Waals surface area contributed by atoms with Crippen LogP contribution < -0.4 is 20.9 Å². The van der Waals surface area contributed by atoms with Gasteiger partial charge in [-0.25, -0.2) is 24.2 Å². The summed E-state index contributed by atoms with van der Waals surface area (Å²) >= 11 is 0. The Balaban J connectivity index is 1.14. The van der Waals surface area contributed by atoms with Gasteiger partial charge in [-0.2, -0.15) is 5.10 Å². The van der Waals surface area contributed by atoms with E-state index in [2.05, 4.69) is 20.9 Å². The summed E-state index contributed by atoms with van der Waals surface area (Å²) in [6, 6.07) is 15.1. The molecule has 0 atom stereocenters. The molecule has 4 aromatic rings. The molecule has 2 fully saturated rings. The highest BCUT2D eigenvalue weighted by Gasteiger charge is 2.28. The molecule has 3 N–H and O–H groups in total. The van der Waals surface area contributed by atoms with Crippen LogP contribution in [0.25, 0.3) is 22.4 Å². The van der Waals surface area contributed by atoms with Gasteiger partial charge in [-0.15, -0.1) is 0 Å². The van der Waals surface area contributed by atoms with Gasteiger partial charge in [0.1, 0.15) is 5.82 Å². The lowest BCUT2D eigenvalue weighted by Gasteiger charge is -2.31.